The molecular weight excluding hydrogens is 360 g/mol. The van der Waals surface area contributed by atoms with E-state index < -0.39 is 0 Å². The summed E-state index contributed by atoms with van der Waals surface area (Å²) in [6, 6.07) is 9.00. The Morgan fingerprint density at radius 1 is 1.21 bits per heavy atom. The number of piperidine rings is 1. The second kappa shape index (κ2) is 8.39. The Morgan fingerprint density at radius 2 is 1.97 bits per heavy atom. The van der Waals surface area contributed by atoms with Gasteiger partial charge in [0.25, 0.3) is 0 Å². The van der Waals surface area contributed by atoms with Crippen LogP contribution in [0.2, 0.25) is 0 Å². The van der Waals surface area contributed by atoms with E-state index in [1.54, 1.807) is 0 Å². The van der Waals surface area contributed by atoms with E-state index >= 15 is 0 Å². The molecule has 0 saturated carbocycles. The first-order valence-corrected chi connectivity index (χ1v) is 11.6. The van der Waals surface area contributed by atoms with E-state index in [0.717, 1.165) is 19.3 Å². The van der Waals surface area contributed by atoms with Crippen molar-refractivity contribution >= 4 is 5.91 Å². The fourth-order valence-corrected chi connectivity index (χ4v) is 5.41. The summed E-state index contributed by atoms with van der Waals surface area (Å²) in [4.78, 5) is 15.3. The van der Waals surface area contributed by atoms with Gasteiger partial charge in [0.1, 0.15) is 6.10 Å². The van der Waals surface area contributed by atoms with Gasteiger partial charge in [0, 0.05) is 8.03 Å². The van der Waals surface area contributed by atoms with Crippen LogP contribution in [0.1, 0.15) is 84.3 Å². The monoisotopic (exact) mass is 400 g/mol. The van der Waals surface area contributed by atoms with E-state index in [-0.39, 0.29) is 19.5 Å². The normalized spacial score (nSPS) is 27.0. The summed E-state index contributed by atoms with van der Waals surface area (Å²) >= 11 is 0. The van der Waals surface area contributed by atoms with Crippen LogP contribution in [0, 0.1) is 5.41 Å². The predicted octanol–water partition coefficient (Wildman–Crippen LogP) is 4.83. The van der Waals surface area contributed by atoms with Gasteiger partial charge in [0.15, 0.2) is 0 Å². The van der Waals surface area contributed by atoms with E-state index in [0.29, 0.717) is 17.4 Å². The Kier molecular flexibility index (Phi) is 6.04. The highest BCUT2D eigenvalue weighted by Gasteiger charge is 2.42. The minimum atomic E-state index is -0.246. The number of hydrogen-bond acceptors (Lipinski definition) is 3. The maximum Gasteiger partial charge on any atom is 0.249 e. The first-order chi connectivity index (χ1) is 13.9. The number of nitrogens with one attached hydrogen (secondary N) is 1. The molecule has 0 bridgehead atoms. The molecule has 1 aliphatic carbocycles. The van der Waals surface area contributed by atoms with E-state index in [2.05, 4.69) is 55.3 Å². The second-order valence-corrected chi connectivity index (χ2v) is 10.6. The Bertz CT molecular complexity index is 716. The van der Waals surface area contributed by atoms with Gasteiger partial charge < -0.3 is 15.0 Å². The molecular formula is C25H40N2O2. The molecule has 162 valence electrons. The molecule has 4 rings (SSSR count). The number of amides is 1. The molecule has 4 nitrogen and oxygen atoms in total. The molecule has 1 spiro atoms. The number of rotatable bonds is 4. The maximum absolute atomic E-state index is 12.6. The SMILES string of the molecule is CC(C)(C)CCN1CCC2(CC[C@H](NC(=O)C3CCCO3)c3ccccc32)CC1.[HH]. The van der Waals surface area contributed by atoms with Crippen LogP contribution in [-0.2, 0) is 14.9 Å². The largest absolute Gasteiger partial charge is 0.368 e. The average Bonchev–Trinajstić information content (AvgIpc) is 3.24. The van der Waals surface area contributed by atoms with Crippen LogP contribution in [0.3, 0.4) is 0 Å². The number of carbonyl (C=O) groups is 1. The molecule has 2 aliphatic heterocycles. The molecule has 2 fully saturated rings. The van der Waals surface area contributed by atoms with Gasteiger partial charge >= 0.3 is 0 Å². The van der Waals surface area contributed by atoms with Crippen molar-refractivity contribution in [3.63, 3.8) is 0 Å². The molecule has 1 N–H and O–H groups in total. The van der Waals surface area contributed by atoms with E-state index in [1.165, 1.54) is 56.4 Å². The zero-order chi connectivity index (χ0) is 20.5. The van der Waals surface area contributed by atoms with Gasteiger partial charge in [-0.05, 0) is 86.5 Å². The van der Waals surface area contributed by atoms with Crippen LogP contribution in [0.15, 0.2) is 24.3 Å². The van der Waals surface area contributed by atoms with Crippen molar-refractivity contribution in [2.45, 2.75) is 83.3 Å². The minimum absolute atomic E-state index is 0. The van der Waals surface area contributed by atoms with Crippen molar-refractivity contribution in [1.82, 2.24) is 10.2 Å². The highest BCUT2D eigenvalue weighted by atomic mass is 16.5. The lowest BCUT2D eigenvalue weighted by Crippen LogP contribution is -2.47. The predicted molar refractivity (Wildman–Crippen MR) is 119 cm³/mol. The highest BCUT2D eigenvalue weighted by Crippen LogP contribution is 2.48. The summed E-state index contributed by atoms with van der Waals surface area (Å²) in [5, 5.41) is 3.31. The molecule has 29 heavy (non-hydrogen) atoms. The van der Waals surface area contributed by atoms with Crippen LogP contribution in [0.5, 0.6) is 0 Å². The lowest BCUT2D eigenvalue weighted by Gasteiger charge is -2.47. The molecule has 2 saturated heterocycles. The topological polar surface area (TPSA) is 41.6 Å². The number of likely N-dealkylation sites (tertiary alicyclic amines) is 1. The van der Waals surface area contributed by atoms with Gasteiger partial charge in [-0.1, -0.05) is 45.0 Å². The molecule has 1 unspecified atom stereocenters. The van der Waals surface area contributed by atoms with Gasteiger partial charge in [-0.25, -0.2) is 0 Å². The van der Waals surface area contributed by atoms with Crippen LogP contribution in [0.25, 0.3) is 0 Å². The van der Waals surface area contributed by atoms with Crippen molar-refractivity contribution in [2.75, 3.05) is 26.2 Å². The van der Waals surface area contributed by atoms with E-state index in [1.807, 2.05) is 0 Å². The summed E-state index contributed by atoms with van der Waals surface area (Å²) < 4.78 is 5.60. The fraction of sp³-hybridized carbons (Fsp3) is 0.720. The molecule has 1 aromatic carbocycles. The van der Waals surface area contributed by atoms with Crippen LogP contribution >= 0.6 is 0 Å². The van der Waals surface area contributed by atoms with Crippen molar-refractivity contribution < 1.29 is 11.0 Å². The molecule has 1 aromatic rings. The third-order valence-electron chi connectivity index (χ3n) is 7.35. The first kappa shape index (κ1) is 20.9. The molecule has 3 aliphatic rings. The highest BCUT2D eigenvalue weighted by molar-refractivity contribution is 5.81. The first-order valence-electron chi connectivity index (χ1n) is 11.6. The summed E-state index contributed by atoms with van der Waals surface area (Å²) in [6.07, 6.45) is 7.55. The minimum Gasteiger partial charge on any atom is -0.368 e. The standard InChI is InChI=1S/C25H38N2O2.H2/c1-24(2,3)12-15-27-16-13-25(14-17-27)11-10-21(19-7-4-5-8-20(19)25)26-23(28)22-9-6-18-29-22;/h4-5,7-8,21-22H,6,9-18H2,1-3H3,(H,26,28);1H/t21-,22?;/m0./s1. The molecule has 0 aromatic heterocycles. The number of ether oxygens (including phenoxy) is 1. The summed E-state index contributed by atoms with van der Waals surface area (Å²) in [5.41, 5.74) is 3.52. The van der Waals surface area contributed by atoms with Crippen LogP contribution in [-0.4, -0.2) is 43.2 Å². The molecule has 2 atom stereocenters. The Balaban J connectivity index is 0.00000256. The van der Waals surface area contributed by atoms with Crippen molar-refractivity contribution in [1.29, 1.82) is 0 Å². The second-order valence-electron chi connectivity index (χ2n) is 10.6. The zero-order valence-corrected chi connectivity index (χ0v) is 18.5. The van der Waals surface area contributed by atoms with E-state index in [4.69, 9.17) is 4.74 Å². The third-order valence-corrected chi connectivity index (χ3v) is 7.35. The van der Waals surface area contributed by atoms with Gasteiger partial charge in [0.2, 0.25) is 5.91 Å². The lowest BCUT2D eigenvalue weighted by atomic mass is 9.63. The van der Waals surface area contributed by atoms with Gasteiger partial charge in [-0.15, -0.1) is 0 Å². The fourth-order valence-electron chi connectivity index (χ4n) is 5.41. The smallest absolute Gasteiger partial charge is 0.249 e. The number of nitrogens with zero attached hydrogens (tertiary/aromatic N) is 1. The number of carbonyl (C=O) groups excluding carboxylic acids is 1. The zero-order valence-electron chi connectivity index (χ0n) is 18.5. The maximum atomic E-state index is 12.6. The Hall–Kier alpha value is -1.39. The number of hydrogen-bond donors (Lipinski definition) is 1. The molecule has 1 amide bonds. The third kappa shape index (κ3) is 4.69. The molecule has 4 heteroatoms. The number of fused-ring (bicyclic) bond motifs is 2. The number of benzene rings is 1. The van der Waals surface area contributed by atoms with Gasteiger partial charge in [-0.3, -0.25) is 4.79 Å². The Labute approximate surface area is 177 Å². The van der Waals surface area contributed by atoms with Gasteiger partial charge in [0.05, 0.1) is 6.04 Å². The molecule has 2 heterocycles. The Morgan fingerprint density at radius 3 is 2.66 bits per heavy atom. The van der Waals surface area contributed by atoms with Crippen molar-refractivity contribution in [3.8, 4) is 0 Å². The quantitative estimate of drug-likeness (QED) is 0.787. The summed E-state index contributed by atoms with van der Waals surface area (Å²) in [7, 11) is 0. The lowest BCUT2D eigenvalue weighted by molar-refractivity contribution is -0.131. The van der Waals surface area contributed by atoms with Crippen LogP contribution in [0.4, 0.5) is 0 Å². The average molecular weight is 401 g/mol. The van der Waals surface area contributed by atoms with Crippen molar-refractivity contribution in [2.24, 2.45) is 5.41 Å². The summed E-state index contributed by atoms with van der Waals surface area (Å²) in [5.74, 6) is 0.0789. The van der Waals surface area contributed by atoms with Crippen molar-refractivity contribution in [3.05, 3.63) is 35.4 Å². The van der Waals surface area contributed by atoms with Crippen LogP contribution < -0.4 is 5.32 Å². The van der Waals surface area contributed by atoms with Gasteiger partial charge in [-0.2, -0.15) is 0 Å². The van der Waals surface area contributed by atoms with E-state index in [9.17, 15) is 4.79 Å². The summed E-state index contributed by atoms with van der Waals surface area (Å²) in [6.45, 7) is 11.3. The molecule has 0 radical (unpaired) electrons.